The van der Waals surface area contributed by atoms with E-state index < -0.39 is 0 Å². The number of fused-ring (bicyclic) bond motifs is 9. The van der Waals surface area contributed by atoms with Crippen LogP contribution in [0.15, 0.2) is 182 Å². The van der Waals surface area contributed by atoms with Crippen molar-refractivity contribution in [3.8, 4) is 44.8 Å². The molecule has 11 rings (SSSR count). The lowest BCUT2D eigenvalue weighted by molar-refractivity contribution is 1.38. The standard InChI is InChI=1S/C54H36N4/c1-2-8-46-47(30-40-9-7-28-56-54(40)53(46)55)33-14-16-34(17-15-33)49-26-23-36-19-21-39(32-52(36)57-49)50-27-24-35-18-20-38(31-51(35)58-50)37-22-25-45-43-12-4-3-10-41(43)42-11-5-6-13-44(42)48(45)29-37/h2-32H,55H2,1H3/b8-2-. The van der Waals surface area contributed by atoms with E-state index in [0.717, 1.165) is 77.5 Å². The lowest BCUT2D eigenvalue weighted by Crippen LogP contribution is -1.96. The third-order valence-corrected chi connectivity index (χ3v) is 11.6. The van der Waals surface area contributed by atoms with Crippen molar-refractivity contribution in [3.63, 3.8) is 0 Å². The highest BCUT2D eigenvalue weighted by Gasteiger charge is 2.14. The van der Waals surface area contributed by atoms with Gasteiger partial charge in [0.1, 0.15) is 0 Å². The lowest BCUT2D eigenvalue weighted by Gasteiger charge is -2.13. The zero-order valence-electron chi connectivity index (χ0n) is 31.8. The monoisotopic (exact) mass is 740 g/mol. The Kier molecular flexibility index (Phi) is 7.83. The fourth-order valence-corrected chi connectivity index (χ4v) is 8.65. The second kappa shape index (κ2) is 13.5. The first-order valence-electron chi connectivity index (χ1n) is 19.7. The molecule has 0 amide bonds. The molecule has 58 heavy (non-hydrogen) atoms. The predicted octanol–water partition coefficient (Wildman–Crippen LogP) is 14.1. The Hall–Kier alpha value is -7.69. The highest BCUT2D eigenvalue weighted by Crippen LogP contribution is 2.39. The first-order valence-corrected chi connectivity index (χ1v) is 19.7. The SMILES string of the molecule is C/C=C\c1c(-c2ccc(-c3ccc4ccc(-c5ccc6ccc(-c7ccc8c9ccccc9c9ccccc9c8c7)cc6n5)cc4n3)cc2)cc2cccnc2c1N. The third kappa shape index (κ3) is 5.57. The maximum absolute atomic E-state index is 6.65. The number of rotatable bonds is 5. The number of hydrogen-bond donors (Lipinski definition) is 1. The van der Waals surface area contributed by atoms with Crippen molar-refractivity contribution in [1.29, 1.82) is 0 Å². The van der Waals surface area contributed by atoms with E-state index in [2.05, 4.69) is 175 Å². The first kappa shape index (κ1) is 33.6. The summed E-state index contributed by atoms with van der Waals surface area (Å²) in [7, 11) is 0. The largest absolute Gasteiger partial charge is 0.396 e. The van der Waals surface area contributed by atoms with Gasteiger partial charge in [-0.2, -0.15) is 0 Å². The maximum Gasteiger partial charge on any atom is 0.0937 e. The molecule has 0 saturated carbocycles. The van der Waals surface area contributed by atoms with Gasteiger partial charge in [0.25, 0.3) is 0 Å². The minimum atomic E-state index is 0.691. The molecule has 4 nitrogen and oxygen atoms in total. The number of aromatic nitrogens is 3. The second-order valence-electron chi connectivity index (χ2n) is 15.0. The van der Waals surface area contributed by atoms with Gasteiger partial charge in [-0.25, -0.2) is 9.97 Å². The minimum Gasteiger partial charge on any atom is -0.396 e. The van der Waals surface area contributed by atoms with Gasteiger partial charge in [-0.1, -0.05) is 140 Å². The summed E-state index contributed by atoms with van der Waals surface area (Å²) in [6.45, 7) is 2.01. The van der Waals surface area contributed by atoms with Crippen LogP contribution in [0.5, 0.6) is 0 Å². The summed E-state index contributed by atoms with van der Waals surface area (Å²) in [4.78, 5) is 14.9. The van der Waals surface area contributed by atoms with Gasteiger partial charge in [0, 0.05) is 39.0 Å². The third-order valence-electron chi connectivity index (χ3n) is 11.6. The average Bonchev–Trinajstić information content (AvgIpc) is 3.29. The molecule has 3 aromatic heterocycles. The molecule has 0 spiro atoms. The molecule has 2 N–H and O–H groups in total. The molecule has 0 aliphatic carbocycles. The minimum absolute atomic E-state index is 0.691. The molecular weight excluding hydrogens is 705 g/mol. The van der Waals surface area contributed by atoms with Gasteiger partial charge in [0.2, 0.25) is 0 Å². The maximum atomic E-state index is 6.65. The number of allylic oxidation sites excluding steroid dienone is 1. The fourth-order valence-electron chi connectivity index (χ4n) is 8.65. The number of hydrogen-bond acceptors (Lipinski definition) is 4. The van der Waals surface area contributed by atoms with Crippen molar-refractivity contribution in [2.75, 3.05) is 5.73 Å². The van der Waals surface area contributed by atoms with Crippen LogP contribution in [0.25, 0.3) is 116 Å². The van der Waals surface area contributed by atoms with Gasteiger partial charge in [-0.15, -0.1) is 0 Å². The summed E-state index contributed by atoms with van der Waals surface area (Å²) in [5, 5.41) is 10.9. The average molecular weight is 741 g/mol. The van der Waals surface area contributed by atoms with E-state index in [4.69, 9.17) is 15.7 Å². The molecule has 3 heterocycles. The van der Waals surface area contributed by atoms with E-state index in [-0.39, 0.29) is 0 Å². The van der Waals surface area contributed by atoms with E-state index in [1.807, 2.05) is 19.1 Å². The number of nitrogen functional groups attached to an aromatic ring is 1. The van der Waals surface area contributed by atoms with Crippen LogP contribution in [0.1, 0.15) is 12.5 Å². The molecule has 8 aromatic carbocycles. The smallest absolute Gasteiger partial charge is 0.0937 e. The number of nitrogens with zero attached hydrogens (tertiary/aromatic N) is 3. The summed E-state index contributed by atoms with van der Waals surface area (Å²) in [6, 6.07) is 60.6. The molecule has 0 radical (unpaired) electrons. The molecule has 272 valence electrons. The Labute approximate surface area is 335 Å². The zero-order valence-corrected chi connectivity index (χ0v) is 31.8. The number of anilines is 1. The number of nitrogens with two attached hydrogens (primary N) is 1. The van der Waals surface area contributed by atoms with Crippen LogP contribution in [0.3, 0.4) is 0 Å². The van der Waals surface area contributed by atoms with E-state index in [1.165, 1.54) is 37.9 Å². The van der Waals surface area contributed by atoms with E-state index in [1.54, 1.807) is 6.20 Å². The Balaban J connectivity index is 0.933. The summed E-state index contributed by atoms with van der Waals surface area (Å²) in [5.41, 5.74) is 19.4. The molecule has 0 fully saturated rings. The number of benzene rings is 8. The van der Waals surface area contributed by atoms with Crippen molar-refractivity contribution >= 4 is 76.8 Å². The van der Waals surface area contributed by atoms with Crippen LogP contribution in [0.2, 0.25) is 0 Å². The van der Waals surface area contributed by atoms with E-state index >= 15 is 0 Å². The van der Waals surface area contributed by atoms with Crippen LogP contribution in [0, 0.1) is 0 Å². The van der Waals surface area contributed by atoms with Gasteiger partial charge in [-0.05, 0) is 104 Å². The summed E-state index contributed by atoms with van der Waals surface area (Å²) in [6.07, 6.45) is 5.87. The summed E-state index contributed by atoms with van der Waals surface area (Å²) < 4.78 is 0. The lowest BCUT2D eigenvalue weighted by atomic mass is 9.92. The van der Waals surface area contributed by atoms with Crippen molar-refractivity contribution in [1.82, 2.24) is 15.0 Å². The van der Waals surface area contributed by atoms with Gasteiger partial charge in [0.15, 0.2) is 0 Å². The Morgan fingerprint density at radius 1 is 0.431 bits per heavy atom. The Morgan fingerprint density at radius 3 is 1.62 bits per heavy atom. The van der Waals surface area contributed by atoms with E-state index in [0.29, 0.717) is 5.69 Å². The quantitative estimate of drug-likeness (QED) is 0.141. The molecule has 0 saturated heterocycles. The fraction of sp³-hybridized carbons (Fsp3) is 0.0185. The van der Waals surface area contributed by atoms with E-state index in [9.17, 15) is 0 Å². The topological polar surface area (TPSA) is 64.7 Å². The normalized spacial score (nSPS) is 11.9. The zero-order chi connectivity index (χ0) is 38.7. The van der Waals surface area contributed by atoms with Gasteiger partial charge in [0.05, 0.1) is 33.6 Å². The molecule has 11 aromatic rings. The molecule has 0 aliphatic heterocycles. The van der Waals surface area contributed by atoms with Crippen LogP contribution < -0.4 is 5.73 Å². The summed E-state index contributed by atoms with van der Waals surface area (Å²) in [5.74, 6) is 0. The molecule has 0 atom stereocenters. The molecular formula is C54H36N4. The Bertz CT molecular complexity index is 3440. The van der Waals surface area contributed by atoms with Crippen molar-refractivity contribution in [2.45, 2.75) is 6.92 Å². The summed E-state index contributed by atoms with van der Waals surface area (Å²) >= 11 is 0. The van der Waals surface area contributed by atoms with Crippen molar-refractivity contribution in [3.05, 3.63) is 188 Å². The molecule has 0 bridgehead atoms. The second-order valence-corrected chi connectivity index (χ2v) is 15.0. The highest BCUT2D eigenvalue weighted by atomic mass is 14.7. The number of pyridine rings is 3. The van der Waals surface area contributed by atoms with Gasteiger partial charge in [-0.3, -0.25) is 4.98 Å². The van der Waals surface area contributed by atoms with Crippen LogP contribution in [-0.4, -0.2) is 15.0 Å². The van der Waals surface area contributed by atoms with Crippen molar-refractivity contribution < 1.29 is 0 Å². The molecule has 0 aliphatic rings. The van der Waals surface area contributed by atoms with Crippen LogP contribution >= 0.6 is 0 Å². The molecule has 4 heteroatoms. The predicted molar refractivity (Wildman–Crippen MR) is 246 cm³/mol. The Morgan fingerprint density at radius 2 is 0.948 bits per heavy atom. The van der Waals surface area contributed by atoms with Gasteiger partial charge >= 0.3 is 0 Å². The first-order chi connectivity index (χ1) is 28.6. The van der Waals surface area contributed by atoms with Crippen LogP contribution in [-0.2, 0) is 0 Å². The van der Waals surface area contributed by atoms with Crippen molar-refractivity contribution in [2.24, 2.45) is 0 Å². The highest BCUT2D eigenvalue weighted by molar-refractivity contribution is 6.25. The molecule has 0 unspecified atom stereocenters. The van der Waals surface area contributed by atoms with Crippen LogP contribution in [0.4, 0.5) is 5.69 Å². The van der Waals surface area contributed by atoms with Gasteiger partial charge < -0.3 is 5.73 Å².